The number of likely N-dealkylation sites (tertiary alicyclic amines) is 1. The van der Waals surface area contributed by atoms with Gasteiger partial charge in [-0.05, 0) is 30.9 Å². The second-order valence-corrected chi connectivity index (χ2v) is 6.20. The lowest BCUT2D eigenvalue weighted by atomic mass is 10.0. The fourth-order valence-electron chi connectivity index (χ4n) is 3.30. The van der Waals surface area contributed by atoms with Crippen LogP contribution in [0, 0.1) is 0 Å². The predicted molar refractivity (Wildman–Crippen MR) is 90.0 cm³/mol. The van der Waals surface area contributed by atoms with Gasteiger partial charge in [0.2, 0.25) is 11.8 Å². The van der Waals surface area contributed by atoms with Crippen LogP contribution in [-0.4, -0.2) is 40.8 Å². The second kappa shape index (κ2) is 6.86. The Balaban J connectivity index is 1.81. The number of carbonyl (C=O) groups excluding carboxylic acids is 2. The van der Waals surface area contributed by atoms with Crippen LogP contribution < -0.4 is 5.32 Å². The summed E-state index contributed by atoms with van der Waals surface area (Å²) in [5.41, 5.74) is 2.11. The molecule has 5 heteroatoms. The number of fused-ring (bicyclic) bond motifs is 1. The molecule has 1 aliphatic heterocycles. The molecule has 1 aromatic heterocycles. The third kappa shape index (κ3) is 3.55. The van der Waals surface area contributed by atoms with E-state index in [1.807, 2.05) is 35.4 Å². The maximum Gasteiger partial charge on any atom is 0.245 e. The number of amides is 2. The van der Waals surface area contributed by atoms with Gasteiger partial charge in [0.05, 0.1) is 0 Å². The van der Waals surface area contributed by atoms with Crippen LogP contribution in [0.5, 0.6) is 0 Å². The van der Waals surface area contributed by atoms with Crippen LogP contribution in [0.4, 0.5) is 0 Å². The average molecular weight is 313 g/mol. The van der Waals surface area contributed by atoms with Gasteiger partial charge in [0.1, 0.15) is 6.04 Å². The molecule has 1 fully saturated rings. The minimum atomic E-state index is -0.496. The van der Waals surface area contributed by atoms with Crippen LogP contribution in [0.2, 0.25) is 0 Å². The van der Waals surface area contributed by atoms with Crippen molar-refractivity contribution in [3.63, 3.8) is 0 Å². The third-order valence-electron chi connectivity index (χ3n) is 4.44. The topological polar surface area (TPSA) is 65.2 Å². The van der Waals surface area contributed by atoms with E-state index >= 15 is 0 Å². The van der Waals surface area contributed by atoms with E-state index in [-0.39, 0.29) is 11.8 Å². The van der Waals surface area contributed by atoms with E-state index in [4.69, 9.17) is 0 Å². The number of aromatic amines is 1. The van der Waals surface area contributed by atoms with Crippen molar-refractivity contribution in [1.82, 2.24) is 15.2 Å². The number of aromatic nitrogens is 1. The Morgan fingerprint density at radius 3 is 2.70 bits per heavy atom. The molecule has 23 heavy (non-hydrogen) atoms. The molecule has 0 radical (unpaired) electrons. The largest absolute Gasteiger partial charge is 0.361 e. The van der Waals surface area contributed by atoms with Gasteiger partial charge in [-0.3, -0.25) is 9.59 Å². The first kappa shape index (κ1) is 15.6. The van der Waals surface area contributed by atoms with E-state index in [0.29, 0.717) is 6.42 Å². The Morgan fingerprint density at radius 1 is 1.22 bits per heavy atom. The summed E-state index contributed by atoms with van der Waals surface area (Å²) in [4.78, 5) is 29.5. The molecule has 122 valence electrons. The van der Waals surface area contributed by atoms with Gasteiger partial charge in [-0.1, -0.05) is 18.2 Å². The predicted octanol–water partition coefficient (Wildman–Crippen LogP) is 2.23. The number of para-hydroxylation sites is 1. The zero-order valence-corrected chi connectivity index (χ0v) is 13.5. The molecule has 1 aromatic carbocycles. The molecular weight excluding hydrogens is 290 g/mol. The quantitative estimate of drug-likeness (QED) is 0.909. The van der Waals surface area contributed by atoms with Crippen molar-refractivity contribution < 1.29 is 9.59 Å². The molecule has 1 aliphatic rings. The Bertz CT molecular complexity index is 701. The van der Waals surface area contributed by atoms with Crippen molar-refractivity contribution in [3.8, 4) is 0 Å². The van der Waals surface area contributed by atoms with Crippen molar-refractivity contribution in [2.24, 2.45) is 0 Å². The first-order chi connectivity index (χ1) is 11.1. The number of nitrogens with zero attached hydrogens (tertiary/aromatic N) is 1. The number of H-pyrrole nitrogens is 1. The molecular formula is C18H23N3O2. The van der Waals surface area contributed by atoms with Gasteiger partial charge in [-0.15, -0.1) is 0 Å². The first-order valence-corrected chi connectivity index (χ1v) is 8.26. The Hall–Kier alpha value is -2.30. The molecule has 0 unspecified atom stereocenters. The molecule has 3 rings (SSSR count). The fourth-order valence-corrected chi connectivity index (χ4v) is 3.30. The summed E-state index contributed by atoms with van der Waals surface area (Å²) in [6, 6.07) is 7.52. The van der Waals surface area contributed by atoms with Crippen molar-refractivity contribution >= 4 is 22.7 Å². The van der Waals surface area contributed by atoms with E-state index in [2.05, 4.69) is 10.3 Å². The number of nitrogens with one attached hydrogen (secondary N) is 2. The van der Waals surface area contributed by atoms with Crippen molar-refractivity contribution in [3.05, 3.63) is 36.0 Å². The lowest BCUT2D eigenvalue weighted by Gasteiger charge is -2.30. The van der Waals surface area contributed by atoms with Crippen molar-refractivity contribution in [2.75, 3.05) is 13.1 Å². The van der Waals surface area contributed by atoms with Crippen molar-refractivity contribution in [1.29, 1.82) is 0 Å². The van der Waals surface area contributed by atoms with E-state index in [9.17, 15) is 9.59 Å². The fraction of sp³-hybridized carbons (Fsp3) is 0.444. The highest BCUT2D eigenvalue weighted by atomic mass is 16.2. The normalized spacial score (nSPS) is 16.3. The molecule has 1 saturated heterocycles. The first-order valence-electron chi connectivity index (χ1n) is 8.26. The molecule has 0 spiro atoms. The molecule has 0 aliphatic carbocycles. The van der Waals surface area contributed by atoms with Gasteiger partial charge < -0.3 is 15.2 Å². The summed E-state index contributed by atoms with van der Waals surface area (Å²) in [6.07, 6.45) is 5.72. The molecule has 2 heterocycles. The second-order valence-electron chi connectivity index (χ2n) is 6.20. The summed E-state index contributed by atoms with van der Waals surface area (Å²) in [7, 11) is 0. The third-order valence-corrected chi connectivity index (χ3v) is 4.44. The highest BCUT2D eigenvalue weighted by Crippen LogP contribution is 2.20. The molecule has 5 nitrogen and oxygen atoms in total. The van der Waals surface area contributed by atoms with Gasteiger partial charge in [-0.25, -0.2) is 0 Å². The van der Waals surface area contributed by atoms with Gasteiger partial charge in [0.25, 0.3) is 0 Å². The van der Waals surface area contributed by atoms with E-state index < -0.39 is 6.04 Å². The van der Waals surface area contributed by atoms with E-state index in [1.165, 1.54) is 13.3 Å². The van der Waals surface area contributed by atoms with Crippen molar-refractivity contribution in [2.45, 2.75) is 38.6 Å². The molecule has 2 aromatic rings. The number of hydrogen-bond acceptors (Lipinski definition) is 2. The summed E-state index contributed by atoms with van der Waals surface area (Å²) in [5, 5.41) is 3.94. The van der Waals surface area contributed by atoms with Crippen LogP contribution in [0.25, 0.3) is 10.9 Å². The standard InChI is InChI=1S/C18H23N3O2/c1-13(22)20-17(18(23)21-9-5-2-6-10-21)11-14-12-19-16-8-4-3-7-15(14)16/h3-4,7-8,12,17,19H,2,5-6,9-11H2,1H3,(H,20,22)/t17-/m1/s1. The number of rotatable bonds is 4. The molecule has 1 atom stereocenters. The highest BCUT2D eigenvalue weighted by molar-refractivity contribution is 5.89. The van der Waals surface area contributed by atoms with Crippen LogP contribution >= 0.6 is 0 Å². The highest BCUT2D eigenvalue weighted by Gasteiger charge is 2.27. The molecule has 2 amide bonds. The lowest BCUT2D eigenvalue weighted by Crippen LogP contribution is -2.50. The number of carbonyl (C=O) groups is 2. The van der Waals surface area contributed by atoms with Crippen LogP contribution in [0.15, 0.2) is 30.5 Å². The Labute approximate surface area is 136 Å². The minimum absolute atomic E-state index is 0.0326. The molecule has 2 N–H and O–H groups in total. The monoisotopic (exact) mass is 313 g/mol. The lowest BCUT2D eigenvalue weighted by molar-refractivity contribution is -0.136. The van der Waals surface area contributed by atoms with Gasteiger partial charge in [0, 0.05) is 43.5 Å². The SMILES string of the molecule is CC(=O)N[C@H](Cc1c[nH]c2ccccc12)C(=O)N1CCCCC1. The Morgan fingerprint density at radius 2 is 1.96 bits per heavy atom. The van der Waals surface area contributed by atoms with Crippen LogP contribution in [0.1, 0.15) is 31.7 Å². The van der Waals surface area contributed by atoms with Gasteiger partial charge in [-0.2, -0.15) is 0 Å². The summed E-state index contributed by atoms with van der Waals surface area (Å²) >= 11 is 0. The zero-order valence-electron chi connectivity index (χ0n) is 13.5. The van der Waals surface area contributed by atoms with Crippen LogP contribution in [-0.2, 0) is 16.0 Å². The van der Waals surface area contributed by atoms with Crippen LogP contribution in [0.3, 0.4) is 0 Å². The summed E-state index contributed by atoms with van der Waals surface area (Å²) < 4.78 is 0. The zero-order chi connectivity index (χ0) is 16.2. The minimum Gasteiger partial charge on any atom is -0.361 e. The maximum absolute atomic E-state index is 12.8. The summed E-state index contributed by atoms with van der Waals surface area (Å²) in [5.74, 6) is -0.134. The average Bonchev–Trinajstić information content (AvgIpc) is 2.97. The smallest absolute Gasteiger partial charge is 0.245 e. The number of hydrogen-bond donors (Lipinski definition) is 2. The van der Waals surface area contributed by atoms with Gasteiger partial charge >= 0.3 is 0 Å². The summed E-state index contributed by atoms with van der Waals surface area (Å²) in [6.45, 7) is 3.05. The van der Waals surface area contributed by atoms with E-state index in [1.54, 1.807) is 0 Å². The molecule has 0 saturated carbocycles. The number of piperidine rings is 1. The number of benzene rings is 1. The van der Waals surface area contributed by atoms with E-state index in [0.717, 1.165) is 42.4 Å². The maximum atomic E-state index is 12.8. The Kier molecular flexibility index (Phi) is 4.65. The molecule has 0 bridgehead atoms. The van der Waals surface area contributed by atoms with Gasteiger partial charge in [0.15, 0.2) is 0 Å².